The van der Waals surface area contributed by atoms with Crippen LogP contribution >= 0.6 is 11.6 Å². The topological polar surface area (TPSA) is 57.4 Å². The van der Waals surface area contributed by atoms with Gasteiger partial charge in [-0.3, -0.25) is 0 Å². The highest BCUT2D eigenvalue weighted by Crippen LogP contribution is 2.38. The Hall–Kier alpha value is -0.945. The largest absolute Gasteiger partial charge is 0.491 e. The summed E-state index contributed by atoms with van der Waals surface area (Å²) in [7, 11) is -0.605. The minimum atomic E-state index is -0.605. The molecular weight excluding hydrogens is 293 g/mol. The second-order valence-corrected chi connectivity index (χ2v) is 6.37. The van der Waals surface area contributed by atoms with Gasteiger partial charge in [0.15, 0.2) is 11.0 Å². The molecule has 7 heteroatoms. The van der Waals surface area contributed by atoms with E-state index in [9.17, 15) is 4.39 Å². The van der Waals surface area contributed by atoms with Gasteiger partial charge in [0, 0.05) is 18.3 Å². The lowest BCUT2D eigenvalue weighted by atomic mass is 9.77. The van der Waals surface area contributed by atoms with Crippen LogP contribution in [-0.4, -0.2) is 29.8 Å². The van der Waals surface area contributed by atoms with Gasteiger partial charge < -0.3 is 15.0 Å². The SMILES string of the molecule is CC1(C)OB(C(=Cc2ccnc(Cl)c2F)CN)OC1(C)C. The zero-order chi connectivity index (χ0) is 15.8. The van der Waals surface area contributed by atoms with Crippen molar-refractivity contribution in [3.8, 4) is 0 Å². The van der Waals surface area contributed by atoms with Crippen LogP contribution in [0, 0.1) is 5.82 Å². The molecule has 2 heterocycles. The Morgan fingerprint density at radius 3 is 2.48 bits per heavy atom. The molecule has 4 nitrogen and oxygen atoms in total. The number of rotatable bonds is 3. The monoisotopic (exact) mass is 312 g/mol. The molecule has 0 spiro atoms. The van der Waals surface area contributed by atoms with Crippen molar-refractivity contribution in [3.63, 3.8) is 0 Å². The predicted molar refractivity (Wildman–Crippen MR) is 82.3 cm³/mol. The van der Waals surface area contributed by atoms with Gasteiger partial charge in [0.2, 0.25) is 0 Å². The van der Waals surface area contributed by atoms with Crippen LogP contribution < -0.4 is 5.73 Å². The molecule has 2 N–H and O–H groups in total. The van der Waals surface area contributed by atoms with Crippen LogP contribution in [0.3, 0.4) is 0 Å². The van der Waals surface area contributed by atoms with Crippen molar-refractivity contribution in [2.24, 2.45) is 5.73 Å². The zero-order valence-corrected chi connectivity index (χ0v) is 13.4. The summed E-state index contributed by atoms with van der Waals surface area (Å²) in [4.78, 5) is 3.68. The fourth-order valence-electron chi connectivity index (χ4n) is 1.96. The number of nitrogens with zero attached hydrogens (tertiary/aromatic N) is 1. The summed E-state index contributed by atoms with van der Waals surface area (Å²) in [5.74, 6) is -0.582. The van der Waals surface area contributed by atoms with E-state index in [-0.39, 0.29) is 11.7 Å². The van der Waals surface area contributed by atoms with E-state index in [2.05, 4.69) is 4.98 Å². The number of hydrogen-bond donors (Lipinski definition) is 1. The molecule has 1 aromatic rings. The van der Waals surface area contributed by atoms with Gasteiger partial charge in [-0.2, -0.15) is 0 Å². The zero-order valence-electron chi connectivity index (χ0n) is 12.6. The molecule has 2 rings (SSSR count). The molecule has 0 bridgehead atoms. The van der Waals surface area contributed by atoms with Gasteiger partial charge in [0.05, 0.1) is 11.2 Å². The minimum absolute atomic E-state index is 0.172. The Morgan fingerprint density at radius 2 is 1.95 bits per heavy atom. The fourth-order valence-corrected chi connectivity index (χ4v) is 2.13. The van der Waals surface area contributed by atoms with Crippen LogP contribution in [0.4, 0.5) is 4.39 Å². The molecule has 0 aromatic carbocycles. The van der Waals surface area contributed by atoms with Crippen LogP contribution in [0.1, 0.15) is 33.3 Å². The van der Waals surface area contributed by atoms with Crippen molar-refractivity contribution >= 4 is 24.8 Å². The van der Waals surface area contributed by atoms with E-state index in [0.29, 0.717) is 11.0 Å². The summed E-state index contributed by atoms with van der Waals surface area (Å²) in [6, 6.07) is 1.53. The summed E-state index contributed by atoms with van der Waals surface area (Å²) in [5.41, 5.74) is 5.78. The molecule has 1 aliphatic rings. The van der Waals surface area contributed by atoms with E-state index < -0.39 is 24.1 Å². The van der Waals surface area contributed by atoms with Crippen LogP contribution in [0.25, 0.3) is 6.08 Å². The van der Waals surface area contributed by atoms with Gasteiger partial charge in [0.1, 0.15) is 0 Å². The average Bonchev–Trinajstić information content (AvgIpc) is 2.60. The lowest BCUT2D eigenvalue weighted by molar-refractivity contribution is 0.00578. The lowest BCUT2D eigenvalue weighted by Gasteiger charge is -2.32. The molecule has 114 valence electrons. The van der Waals surface area contributed by atoms with Gasteiger partial charge in [-0.05, 0) is 39.2 Å². The highest BCUT2D eigenvalue weighted by molar-refractivity contribution is 6.55. The summed E-state index contributed by atoms with van der Waals surface area (Å²) >= 11 is 5.68. The molecular formula is C14H19BClFN2O2. The van der Waals surface area contributed by atoms with Gasteiger partial charge in [0.25, 0.3) is 0 Å². The van der Waals surface area contributed by atoms with E-state index in [1.54, 1.807) is 6.08 Å². The first-order chi connectivity index (χ1) is 9.68. The molecule has 21 heavy (non-hydrogen) atoms. The normalized spacial score (nSPS) is 20.9. The quantitative estimate of drug-likeness (QED) is 0.689. The number of hydrogen-bond acceptors (Lipinski definition) is 4. The van der Waals surface area contributed by atoms with E-state index in [1.165, 1.54) is 12.3 Å². The maximum Gasteiger partial charge on any atom is 0.491 e. The lowest BCUT2D eigenvalue weighted by Crippen LogP contribution is -2.41. The van der Waals surface area contributed by atoms with Gasteiger partial charge >= 0.3 is 7.12 Å². The fraction of sp³-hybridized carbons (Fsp3) is 0.500. The standard InChI is InChI=1S/C14H19BClFN2O2/c1-13(2)14(3,4)21-15(20-13)10(8-18)7-9-5-6-19-12(16)11(9)17/h5-7H,8,18H2,1-4H3. The Kier molecular flexibility index (Phi) is 4.45. The van der Waals surface area contributed by atoms with Crippen LogP contribution in [0.15, 0.2) is 17.7 Å². The van der Waals surface area contributed by atoms with E-state index in [0.717, 1.165) is 0 Å². The highest BCUT2D eigenvalue weighted by Gasteiger charge is 2.52. The van der Waals surface area contributed by atoms with Crippen molar-refractivity contribution in [1.82, 2.24) is 4.98 Å². The third-order valence-electron chi connectivity index (χ3n) is 4.01. The number of nitrogens with two attached hydrogens (primary N) is 1. The second-order valence-electron chi connectivity index (χ2n) is 6.02. The van der Waals surface area contributed by atoms with E-state index >= 15 is 0 Å². The van der Waals surface area contributed by atoms with Crippen LogP contribution in [0.2, 0.25) is 5.15 Å². The molecule has 0 atom stereocenters. The summed E-state index contributed by atoms with van der Waals surface area (Å²) in [5, 5.41) is -0.172. The van der Waals surface area contributed by atoms with Crippen LogP contribution in [0.5, 0.6) is 0 Å². The van der Waals surface area contributed by atoms with Crippen LogP contribution in [-0.2, 0) is 9.31 Å². The third-order valence-corrected chi connectivity index (χ3v) is 4.27. The van der Waals surface area contributed by atoms with Crippen molar-refractivity contribution in [1.29, 1.82) is 0 Å². The van der Waals surface area contributed by atoms with Crippen molar-refractivity contribution < 1.29 is 13.7 Å². The first kappa shape index (κ1) is 16.4. The van der Waals surface area contributed by atoms with Crippen molar-refractivity contribution in [2.75, 3.05) is 6.54 Å². The predicted octanol–water partition coefficient (Wildman–Crippen LogP) is 2.85. The molecule has 1 aliphatic heterocycles. The first-order valence-corrected chi connectivity index (χ1v) is 7.12. The van der Waals surface area contributed by atoms with E-state index in [1.807, 2.05) is 27.7 Å². The Morgan fingerprint density at radius 1 is 1.38 bits per heavy atom. The molecule has 0 radical (unpaired) electrons. The van der Waals surface area contributed by atoms with Crippen molar-refractivity contribution in [2.45, 2.75) is 38.9 Å². The van der Waals surface area contributed by atoms with Gasteiger partial charge in [-0.25, -0.2) is 9.37 Å². The molecule has 1 aromatic heterocycles. The highest BCUT2D eigenvalue weighted by atomic mass is 35.5. The summed E-state index contributed by atoms with van der Waals surface area (Å²) in [6.07, 6.45) is 3.04. The Balaban J connectivity index is 2.33. The molecule has 1 fully saturated rings. The average molecular weight is 313 g/mol. The van der Waals surface area contributed by atoms with Gasteiger partial charge in [-0.1, -0.05) is 17.7 Å². The number of aromatic nitrogens is 1. The maximum atomic E-state index is 13.9. The number of halogens is 2. The molecule has 0 saturated carbocycles. The smallest absolute Gasteiger partial charge is 0.400 e. The first-order valence-electron chi connectivity index (χ1n) is 6.74. The molecule has 0 amide bonds. The van der Waals surface area contributed by atoms with Gasteiger partial charge in [-0.15, -0.1) is 0 Å². The maximum absolute atomic E-state index is 13.9. The third kappa shape index (κ3) is 3.13. The Bertz CT molecular complexity index is 562. The summed E-state index contributed by atoms with van der Waals surface area (Å²) in [6.45, 7) is 7.99. The van der Waals surface area contributed by atoms with E-state index in [4.69, 9.17) is 26.6 Å². The second kappa shape index (κ2) is 5.68. The molecule has 1 saturated heterocycles. The summed E-state index contributed by atoms with van der Waals surface area (Å²) < 4.78 is 25.8. The molecule has 0 unspecified atom stereocenters. The Labute approximate surface area is 129 Å². The molecule has 0 aliphatic carbocycles. The minimum Gasteiger partial charge on any atom is -0.400 e. The number of pyridine rings is 1. The van der Waals surface area contributed by atoms with Crippen molar-refractivity contribution in [3.05, 3.63) is 34.3 Å².